The Labute approximate surface area is 281 Å². The highest BCUT2D eigenvalue weighted by Crippen LogP contribution is 2.13. The topological polar surface area (TPSA) is 52.6 Å². The molecule has 1 unspecified atom stereocenters. The molecule has 0 aliphatic heterocycles. The molecule has 0 saturated heterocycles. The van der Waals surface area contributed by atoms with Crippen LogP contribution in [0.3, 0.4) is 0 Å². The molecule has 0 aliphatic carbocycles. The molecular weight excluding hydrogens is 556 g/mol. The molecule has 1 atom stereocenters. The van der Waals surface area contributed by atoms with Gasteiger partial charge in [0.1, 0.15) is 0 Å². The summed E-state index contributed by atoms with van der Waals surface area (Å²) >= 11 is 0. The lowest BCUT2D eigenvalue weighted by Crippen LogP contribution is -2.15. The van der Waals surface area contributed by atoms with Gasteiger partial charge in [-0.2, -0.15) is 0 Å². The van der Waals surface area contributed by atoms with Crippen LogP contribution < -0.4 is 0 Å². The standard InChI is InChI=1S/C41H76O4/c1-4-6-8-10-12-14-16-18-20-22-24-26-28-30-32-34-40(42)44-37-36-39(3)38-45-41(43)35-33-31-29-27-25-23-21-19-17-15-13-11-9-7-5-2/h18-21,39H,4-17,22-38H2,1-3H3/b20-18-,21-19-. The van der Waals surface area contributed by atoms with Crippen LogP contribution >= 0.6 is 0 Å². The average Bonchev–Trinajstić information content (AvgIpc) is 3.03. The van der Waals surface area contributed by atoms with E-state index >= 15 is 0 Å². The predicted molar refractivity (Wildman–Crippen MR) is 195 cm³/mol. The zero-order chi connectivity index (χ0) is 32.9. The maximum Gasteiger partial charge on any atom is 0.305 e. The molecule has 0 aromatic heterocycles. The maximum absolute atomic E-state index is 12.1. The van der Waals surface area contributed by atoms with Crippen molar-refractivity contribution in [3.63, 3.8) is 0 Å². The van der Waals surface area contributed by atoms with Gasteiger partial charge in [0.2, 0.25) is 0 Å². The monoisotopic (exact) mass is 633 g/mol. The van der Waals surface area contributed by atoms with E-state index in [4.69, 9.17) is 9.47 Å². The lowest BCUT2D eigenvalue weighted by molar-refractivity contribution is -0.147. The molecule has 0 aliphatic rings. The first kappa shape index (κ1) is 43.4. The third-order valence-electron chi connectivity index (χ3n) is 8.69. The van der Waals surface area contributed by atoms with E-state index in [0.29, 0.717) is 26.1 Å². The van der Waals surface area contributed by atoms with Crippen molar-refractivity contribution in [2.45, 2.75) is 207 Å². The van der Waals surface area contributed by atoms with E-state index in [9.17, 15) is 9.59 Å². The van der Waals surface area contributed by atoms with Gasteiger partial charge in [0.05, 0.1) is 13.2 Å². The zero-order valence-electron chi connectivity index (χ0n) is 30.4. The number of unbranched alkanes of at least 4 members (excludes halogenated alkanes) is 22. The Balaban J connectivity index is 3.44. The highest BCUT2D eigenvalue weighted by Gasteiger charge is 2.09. The van der Waals surface area contributed by atoms with Crippen LogP contribution in [0.4, 0.5) is 0 Å². The number of rotatable bonds is 35. The second-order valence-electron chi connectivity index (χ2n) is 13.5. The number of hydrogen-bond acceptors (Lipinski definition) is 4. The maximum atomic E-state index is 12.1. The van der Waals surface area contributed by atoms with Crippen LogP contribution in [0.15, 0.2) is 24.3 Å². The van der Waals surface area contributed by atoms with Crippen LogP contribution in [0.1, 0.15) is 207 Å². The van der Waals surface area contributed by atoms with Crippen LogP contribution in [0.5, 0.6) is 0 Å². The van der Waals surface area contributed by atoms with Gasteiger partial charge in [0.15, 0.2) is 0 Å². The van der Waals surface area contributed by atoms with E-state index < -0.39 is 0 Å². The molecule has 0 rings (SSSR count). The normalized spacial score (nSPS) is 12.3. The van der Waals surface area contributed by atoms with Crippen molar-refractivity contribution < 1.29 is 19.1 Å². The number of ether oxygens (including phenoxy) is 2. The molecule has 0 aromatic carbocycles. The van der Waals surface area contributed by atoms with Crippen molar-refractivity contribution in [2.75, 3.05) is 13.2 Å². The summed E-state index contributed by atoms with van der Waals surface area (Å²) in [6.45, 7) is 7.41. The lowest BCUT2D eigenvalue weighted by Gasteiger charge is -2.12. The first-order valence-corrected chi connectivity index (χ1v) is 19.7. The summed E-state index contributed by atoms with van der Waals surface area (Å²) in [5.74, 6) is 0.0115. The Morgan fingerprint density at radius 1 is 0.467 bits per heavy atom. The molecule has 0 saturated carbocycles. The van der Waals surface area contributed by atoms with Gasteiger partial charge in [-0.25, -0.2) is 0 Å². The Kier molecular flexibility index (Phi) is 35.6. The highest BCUT2D eigenvalue weighted by molar-refractivity contribution is 5.69. The van der Waals surface area contributed by atoms with Crippen molar-refractivity contribution in [1.82, 2.24) is 0 Å². The van der Waals surface area contributed by atoms with Gasteiger partial charge in [-0.3, -0.25) is 9.59 Å². The van der Waals surface area contributed by atoms with Gasteiger partial charge < -0.3 is 9.47 Å². The Morgan fingerprint density at radius 2 is 0.800 bits per heavy atom. The molecule has 0 radical (unpaired) electrons. The summed E-state index contributed by atoms with van der Waals surface area (Å²) in [6, 6.07) is 0. The van der Waals surface area contributed by atoms with Crippen molar-refractivity contribution in [3.8, 4) is 0 Å². The molecular formula is C41H76O4. The van der Waals surface area contributed by atoms with Crippen molar-refractivity contribution >= 4 is 11.9 Å². The number of carbonyl (C=O) groups is 2. The zero-order valence-corrected chi connectivity index (χ0v) is 30.4. The van der Waals surface area contributed by atoms with Crippen LogP contribution in [0, 0.1) is 5.92 Å². The Bertz CT molecular complexity index is 683. The lowest BCUT2D eigenvalue weighted by atomic mass is 10.1. The molecule has 0 fully saturated rings. The summed E-state index contributed by atoms with van der Waals surface area (Å²) in [4.78, 5) is 24.1. The van der Waals surface area contributed by atoms with Crippen molar-refractivity contribution in [1.29, 1.82) is 0 Å². The van der Waals surface area contributed by atoms with Gasteiger partial charge in [0, 0.05) is 12.8 Å². The van der Waals surface area contributed by atoms with Gasteiger partial charge in [0.25, 0.3) is 0 Å². The molecule has 0 bridgehead atoms. The Hall–Kier alpha value is -1.58. The number of esters is 2. The smallest absolute Gasteiger partial charge is 0.305 e. The van der Waals surface area contributed by atoms with E-state index in [1.807, 2.05) is 6.92 Å². The molecule has 0 aromatic rings. The van der Waals surface area contributed by atoms with E-state index in [1.165, 1.54) is 141 Å². The van der Waals surface area contributed by atoms with E-state index in [2.05, 4.69) is 38.2 Å². The van der Waals surface area contributed by atoms with Crippen LogP contribution in [-0.2, 0) is 19.1 Å². The summed E-state index contributed by atoms with van der Waals surface area (Å²) in [5, 5.41) is 0. The second-order valence-corrected chi connectivity index (χ2v) is 13.5. The number of hydrogen-bond donors (Lipinski definition) is 0. The molecule has 4 nitrogen and oxygen atoms in total. The molecule has 0 amide bonds. The fourth-order valence-electron chi connectivity index (χ4n) is 5.52. The second kappa shape index (κ2) is 36.9. The average molecular weight is 633 g/mol. The summed E-state index contributed by atoms with van der Waals surface area (Å²) in [6.07, 6.45) is 43.8. The summed E-state index contributed by atoms with van der Waals surface area (Å²) in [7, 11) is 0. The summed E-state index contributed by atoms with van der Waals surface area (Å²) in [5.41, 5.74) is 0. The minimum absolute atomic E-state index is 0.0963. The number of carbonyl (C=O) groups excluding carboxylic acids is 2. The van der Waals surface area contributed by atoms with Gasteiger partial charge in [-0.15, -0.1) is 0 Å². The number of allylic oxidation sites excluding steroid dienone is 4. The quantitative estimate of drug-likeness (QED) is 0.0396. The molecule has 0 N–H and O–H groups in total. The van der Waals surface area contributed by atoms with Crippen LogP contribution in [0.25, 0.3) is 0 Å². The van der Waals surface area contributed by atoms with Gasteiger partial charge >= 0.3 is 11.9 Å². The fraction of sp³-hybridized carbons (Fsp3) is 0.854. The molecule has 45 heavy (non-hydrogen) atoms. The van der Waals surface area contributed by atoms with Gasteiger partial charge in [-0.05, 0) is 76.5 Å². The molecule has 264 valence electrons. The molecule has 0 spiro atoms. The highest BCUT2D eigenvalue weighted by atomic mass is 16.5. The van der Waals surface area contributed by atoms with Gasteiger partial charge in [-0.1, -0.05) is 148 Å². The predicted octanol–water partition coefficient (Wildman–Crippen LogP) is 13.2. The van der Waals surface area contributed by atoms with E-state index in [0.717, 1.165) is 32.1 Å². The third kappa shape index (κ3) is 36.8. The first-order valence-electron chi connectivity index (χ1n) is 19.7. The van der Waals surface area contributed by atoms with E-state index in [-0.39, 0.29) is 17.9 Å². The van der Waals surface area contributed by atoms with Crippen molar-refractivity contribution in [2.24, 2.45) is 5.92 Å². The third-order valence-corrected chi connectivity index (χ3v) is 8.69. The van der Waals surface area contributed by atoms with E-state index in [1.54, 1.807) is 0 Å². The summed E-state index contributed by atoms with van der Waals surface area (Å²) < 4.78 is 10.9. The largest absolute Gasteiger partial charge is 0.466 e. The Morgan fingerprint density at radius 3 is 1.20 bits per heavy atom. The SMILES string of the molecule is CCCCCCCC/C=C\CCCCCCCC(=O)OCCC(C)COC(=O)CCCCCCC/C=C\CCCCCCCC. The first-order chi connectivity index (χ1) is 22.1. The van der Waals surface area contributed by atoms with Crippen LogP contribution in [0.2, 0.25) is 0 Å². The molecule has 0 heterocycles. The van der Waals surface area contributed by atoms with Crippen molar-refractivity contribution in [3.05, 3.63) is 24.3 Å². The fourth-order valence-corrected chi connectivity index (χ4v) is 5.52. The minimum atomic E-state index is -0.0966. The van der Waals surface area contributed by atoms with Crippen LogP contribution in [-0.4, -0.2) is 25.2 Å². The minimum Gasteiger partial charge on any atom is -0.466 e. The molecule has 4 heteroatoms.